The second-order valence-electron chi connectivity index (χ2n) is 5.22. The lowest BCUT2D eigenvalue weighted by atomic mass is 9.99. The number of rotatable bonds is 1. The number of hydrogen-bond acceptors (Lipinski definition) is 3. The smallest absolute Gasteiger partial charge is 0.255 e. The maximum absolute atomic E-state index is 12.0. The van der Waals surface area contributed by atoms with Crippen molar-refractivity contribution in [3.05, 3.63) is 27.2 Å². The number of nitrogens with one attached hydrogen (secondary N) is 1. The highest BCUT2D eigenvalue weighted by Crippen LogP contribution is 2.43. The van der Waals surface area contributed by atoms with Crippen molar-refractivity contribution < 1.29 is 4.74 Å². The third-order valence-electron chi connectivity index (χ3n) is 3.95. The fourth-order valence-corrected chi connectivity index (χ4v) is 2.88. The van der Waals surface area contributed by atoms with E-state index in [2.05, 4.69) is 10.1 Å². The lowest BCUT2D eigenvalue weighted by Gasteiger charge is -2.16. The minimum absolute atomic E-state index is 0.0254. The van der Waals surface area contributed by atoms with Gasteiger partial charge in [-0.3, -0.25) is 9.48 Å². The molecule has 5 nitrogen and oxygen atoms in total. The average molecular weight is 245 g/mol. The quantitative estimate of drug-likeness (QED) is 0.821. The van der Waals surface area contributed by atoms with Gasteiger partial charge in [0.1, 0.15) is 5.65 Å². The van der Waals surface area contributed by atoms with Crippen molar-refractivity contribution >= 4 is 11.0 Å². The Labute approximate surface area is 104 Å². The van der Waals surface area contributed by atoms with Gasteiger partial charge in [0.2, 0.25) is 0 Å². The van der Waals surface area contributed by atoms with Crippen LogP contribution < -0.4 is 5.56 Å². The normalized spacial score (nSPS) is 19.2. The molecule has 0 amide bonds. The molecule has 0 aromatic carbocycles. The Balaban J connectivity index is 2.12. The van der Waals surface area contributed by atoms with Gasteiger partial charge in [-0.05, 0) is 24.8 Å². The second-order valence-corrected chi connectivity index (χ2v) is 5.22. The maximum Gasteiger partial charge on any atom is 0.255 e. The fourth-order valence-electron chi connectivity index (χ4n) is 2.88. The van der Waals surface area contributed by atoms with Crippen LogP contribution in [-0.2, 0) is 24.8 Å². The number of aromatic amines is 1. The summed E-state index contributed by atoms with van der Waals surface area (Å²) in [6.07, 6.45) is 3.26. The van der Waals surface area contributed by atoms with Crippen LogP contribution in [-0.4, -0.2) is 21.4 Å². The molecule has 1 saturated carbocycles. The molecule has 3 heterocycles. The van der Waals surface area contributed by atoms with E-state index < -0.39 is 0 Å². The van der Waals surface area contributed by atoms with Gasteiger partial charge in [-0.1, -0.05) is 0 Å². The first-order valence-corrected chi connectivity index (χ1v) is 6.44. The number of ether oxygens (including phenoxy) is 1. The van der Waals surface area contributed by atoms with Gasteiger partial charge in [-0.15, -0.1) is 0 Å². The van der Waals surface area contributed by atoms with Crippen LogP contribution in [0.2, 0.25) is 0 Å². The number of pyridine rings is 1. The number of fused-ring (bicyclic) bond motifs is 3. The van der Waals surface area contributed by atoms with E-state index in [1.807, 2.05) is 7.05 Å². The van der Waals surface area contributed by atoms with E-state index in [9.17, 15) is 4.79 Å². The minimum atomic E-state index is -0.0254. The predicted octanol–water partition coefficient (Wildman–Crippen LogP) is 1.21. The van der Waals surface area contributed by atoms with Crippen molar-refractivity contribution in [3.63, 3.8) is 0 Å². The first-order chi connectivity index (χ1) is 8.75. The van der Waals surface area contributed by atoms with Gasteiger partial charge in [-0.25, -0.2) is 0 Å². The summed E-state index contributed by atoms with van der Waals surface area (Å²) in [7, 11) is 1.90. The highest BCUT2D eigenvalue weighted by molar-refractivity contribution is 5.84. The Kier molecular flexibility index (Phi) is 1.97. The number of nitrogens with zero attached hydrogens (tertiary/aromatic N) is 2. The van der Waals surface area contributed by atoms with E-state index in [1.54, 1.807) is 4.68 Å². The molecular weight excluding hydrogens is 230 g/mol. The van der Waals surface area contributed by atoms with Crippen LogP contribution in [0.3, 0.4) is 0 Å². The molecule has 1 fully saturated rings. The molecule has 0 spiro atoms. The molecule has 0 bridgehead atoms. The highest BCUT2D eigenvalue weighted by atomic mass is 16.5. The van der Waals surface area contributed by atoms with E-state index in [1.165, 1.54) is 23.9 Å². The molecule has 2 aliphatic rings. The Morgan fingerprint density at radius 2 is 2.22 bits per heavy atom. The molecule has 2 aromatic rings. The van der Waals surface area contributed by atoms with E-state index >= 15 is 0 Å². The number of hydrogen-bond donors (Lipinski definition) is 1. The van der Waals surface area contributed by atoms with Crippen molar-refractivity contribution in [1.82, 2.24) is 14.8 Å². The minimum Gasteiger partial charge on any atom is -0.376 e. The summed E-state index contributed by atoms with van der Waals surface area (Å²) in [6.45, 7) is 1.13. The van der Waals surface area contributed by atoms with Gasteiger partial charge in [-0.2, -0.15) is 5.10 Å². The summed E-state index contributed by atoms with van der Waals surface area (Å²) in [5.41, 5.74) is 3.96. The summed E-state index contributed by atoms with van der Waals surface area (Å²) in [6, 6.07) is 0. The Morgan fingerprint density at radius 1 is 1.39 bits per heavy atom. The third kappa shape index (κ3) is 1.31. The van der Waals surface area contributed by atoms with Crippen molar-refractivity contribution in [3.8, 4) is 0 Å². The van der Waals surface area contributed by atoms with Crippen molar-refractivity contribution in [2.75, 3.05) is 6.61 Å². The van der Waals surface area contributed by atoms with Gasteiger partial charge in [0, 0.05) is 23.9 Å². The lowest BCUT2D eigenvalue weighted by molar-refractivity contribution is 0.110. The molecular formula is C13H15N3O2. The highest BCUT2D eigenvalue weighted by Gasteiger charge is 2.31. The van der Waals surface area contributed by atoms with E-state index in [4.69, 9.17) is 4.74 Å². The average Bonchev–Trinajstić information content (AvgIpc) is 3.16. The Hall–Kier alpha value is -1.62. The zero-order valence-corrected chi connectivity index (χ0v) is 10.3. The summed E-state index contributed by atoms with van der Waals surface area (Å²) in [4.78, 5) is 15.0. The van der Waals surface area contributed by atoms with Gasteiger partial charge in [0.05, 0.1) is 18.9 Å². The van der Waals surface area contributed by atoms with Crippen LogP contribution in [0.25, 0.3) is 11.0 Å². The number of H-pyrrole nitrogens is 1. The molecule has 0 atom stereocenters. The largest absolute Gasteiger partial charge is 0.376 e. The van der Waals surface area contributed by atoms with Crippen molar-refractivity contribution in [1.29, 1.82) is 0 Å². The Bertz CT molecular complexity index is 694. The molecule has 5 heteroatoms. The summed E-state index contributed by atoms with van der Waals surface area (Å²) < 4.78 is 7.21. The maximum atomic E-state index is 12.0. The molecule has 4 rings (SSSR count). The lowest BCUT2D eigenvalue weighted by Crippen LogP contribution is -2.22. The second kappa shape index (κ2) is 3.45. The van der Waals surface area contributed by atoms with E-state index in [0.717, 1.165) is 23.2 Å². The van der Waals surface area contributed by atoms with Gasteiger partial charge >= 0.3 is 0 Å². The van der Waals surface area contributed by atoms with Gasteiger partial charge < -0.3 is 9.72 Å². The summed E-state index contributed by atoms with van der Waals surface area (Å²) in [5, 5.41) is 5.79. The molecule has 0 unspecified atom stereocenters. The third-order valence-corrected chi connectivity index (χ3v) is 3.95. The number of aryl methyl sites for hydroxylation is 1. The van der Waals surface area contributed by atoms with E-state index in [-0.39, 0.29) is 5.56 Å². The molecule has 0 radical (unpaired) electrons. The van der Waals surface area contributed by atoms with Gasteiger partial charge in [0.15, 0.2) is 0 Å². The molecule has 18 heavy (non-hydrogen) atoms. The van der Waals surface area contributed by atoms with Crippen LogP contribution in [0.15, 0.2) is 4.79 Å². The monoisotopic (exact) mass is 245 g/mol. The first-order valence-electron chi connectivity index (χ1n) is 6.44. The molecule has 1 aliphatic carbocycles. The molecule has 1 aliphatic heterocycles. The topological polar surface area (TPSA) is 59.9 Å². The van der Waals surface area contributed by atoms with Crippen molar-refractivity contribution in [2.45, 2.75) is 31.8 Å². The summed E-state index contributed by atoms with van der Waals surface area (Å²) >= 11 is 0. The fraction of sp³-hybridized carbons (Fsp3) is 0.538. The van der Waals surface area contributed by atoms with E-state index in [0.29, 0.717) is 19.1 Å². The molecule has 1 N–H and O–H groups in total. The number of aromatic nitrogens is 3. The van der Waals surface area contributed by atoms with Crippen LogP contribution in [0.1, 0.15) is 35.6 Å². The van der Waals surface area contributed by atoms with Crippen molar-refractivity contribution in [2.24, 2.45) is 7.05 Å². The summed E-state index contributed by atoms with van der Waals surface area (Å²) in [5.74, 6) is 0.589. The first kappa shape index (κ1) is 10.3. The molecule has 2 aromatic heterocycles. The zero-order valence-electron chi connectivity index (χ0n) is 10.3. The SMILES string of the molecule is Cn1nc(C2CC2)c2c3c(c(=O)[nH]c21)COCC3. The van der Waals surface area contributed by atoms with Crippen LogP contribution in [0.5, 0.6) is 0 Å². The predicted molar refractivity (Wildman–Crippen MR) is 66.7 cm³/mol. The zero-order chi connectivity index (χ0) is 12.3. The standard InChI is InChI=1S/C13H15N3O2/c1-16-12-10(11(15-16)7-2-3-7)8-4-5-18-6-9(8)13(17)14-12/h7H,2-6H2,1H3,(H,14,17). The van der Waals surface area contributed by atoms with Crippen LogP contribution in [0, 0.1) is 0 Å². The molecule has 0 saturated heterocycles. The molecule has 94 valence electrons. The van der Waals surface area contributed by atoms with Crippen LogP contribution in [0.4, 0.5) is 0 Å². The van der Waals surface area contributed by atoms with Gasteiger partial charge in [0.25, 0.3) is 5.56 Å². The Morgan fingerprint density at radius 3 is 3.00 bits per heavy atom. The van der Waals surface area contributed by atoms with Crippen LogP contribution >= 0.6 is 0 Å².